The Labute approximate surface area is 128 Å². The second kappa shape index (κ2) is 6.72. The van der Waals surface area contributed by atoms with Gasteiger partial charge in [0, 0.05) is 16.9 Å². The molecular formula is C16H19NO3S. The van der Waals surface area contributed by atoms with Gasteiger partial charge in [0.15, 0.2) is 0 Å². The van der Waals surface area contributed by atoms with Gasteiger partial charge in [0.1, 0.15) is 5.75 Å². The number of methoxy groups -OCH3 is 1. The summed E-state index contributed by atoms with van der Waals surface area (Å²) in [5, 5.41) is 9.94. The van der Waals surface area contributed by atoms with Crippen molar-refractivity contribution in [2.75, 3.05) is 7.11 Å². The molecule has 2 rings (SSSR count). The lowest BCUT2D eigenvalue weighted by Crippen LogP contribution is -2.02. The van der Waals surface area contributed by atoms with Gasteiger partial charge in [-0.25, -0.2) is 4.98 Å². The van der Waals surface area contributed by atoms with E-state index in [2.05, 4.69) is 4.98 Å². The zero-order valence-electron chi connectivity index (χ0n) is 12.4. The maximum atomic E-state index is 11.0. The van der Waals surface area contributed by atoms with Crippen molar-refractivity contribution in [1.29, 1.82) is 0 Å². The number of carbonyl (C=O) groups is 1. The molecule has 1 aromatic carbocycles. The van der Waals surface area contributed by atoms with Gasteiger partial charge in [-0.1, -0.05) is 32.0 Å². The van der Waals surface area contributed by atoms with Gasteiger partial charge < -0.3 is 9.84 Å². The van der Waals surface area contributed by atoms with Crippen molar-refractivity contribution >= 4 is 17.3 Å². The maximum Gasteiger partial charge on any atom is 0.308 e. The van der Waals surface area contributed by atoms with Gasteiger partial charge in [0.25, 0.3) is 0 Å². The van der Waals surface area contributed by atoms with Crippen LogP contribution in [0.2, 0.25) is 0 Å². The Morgan fingerprint density at radius 3 is 2.71 bits per heavy atom. The van der Waals surface area contributed by atoms with Crippen LogP contribution < -0.4 is 4.74 Å². The standard InChI is InChI=1S/C16H19NO3S/c1-10(2)16-13(9-15(18)19)21-14(17-16)8-11-6-4-5-7-12(11)20-3/h4-7,10H,8-9H2,1-3H3,(H,18,19). The molecule has 0 aliphatic carbocycles. The average molecular weight is 305 g/mol. The summed E-state index contributed by atoms with van der Waals surface area (Å²) >= 11 is 1.48. The topological polar surface area (TPSA) is 59.4 Å². The monoisotopic (exact) mass is 305 g/mol. The van der Waals surface area contributed by atoms with E-state index in [4.69, 9.17) is 9.84 Å². The van der Waals surface area contributed by atoms with Crippen LogP contribution in [0.1, 0.15) is 40.9 Å². The van der Waals surface area contributed by atoms with E-state index >= 15 is 0 Å². The van der Waals surface area contributed by atoms with Crippen LogP contribution >= 0.6 is 11.3 Å². The fourth-order valence-corrected chi connectivity index (χ4v) is 3.45. The molecule has 1 aromatic heterocycles. The van der Waals surface area contributed by atoms with E-state index < -0.39 is 5.97 Å². The zero-order chi connectivity index (χ0) is 15.4. The summed E-state index contributed by atoms with van der Waals surface area (Å²) in [6.07, 6.45) is 0.700. The third-order valence-electron chi connectivity index (χ3n) is 3.16. The largest absolute Gasteiger partial charge is 0.496 e. The minimum atomic E-state index is -0.815. The number of thiazole rings is 1. The van der Waals surface area contributed by atoms with E-state index in [1.54, 1.807) is 7.11 Å². The molecule has 4 nitrogen and oxygen atoms in total. The quantitative estimate of drug-likeness (QED) is 0.887. The fraction of sp³-hybridized carbons (Fsp3) is 0.375. The Balaban J connectivity index is 2.30. The maximum absolute atomic E-state index is 11.0. The molecule has 0 spiro atoms. The van der Waals surface area contributed by atoms with Gasteiger partial charge in [0.05, 0.1) is 24.2 Å². The molecule has 1 N–H and O–H groups in total. The number of ether oxygens (including phenoxy) is 1. The Morgan fingerprint density at radius 2 is 2.10 bits per heavy atom. The first-order valence-corrected chi connectivity index (χ1v) is 7.65. The number of hydrogen-bond acceptors (Lipinski definition) is 4. The Kier molecular flexibility index (Phi) is 4.96. The molecule has 0 amide bonds. The van der Waals surface area contributed by atoms with Crippen molar-refractivity contribution < 1.29 is 14.6 Å². The number of hydrogen-bond donors (Lipinski definition) is 1. The predicted molar refractivity (Wildman–Crippen MR) is 83.3 cm³/mol. The van der Waals surface area contributed by atoms with Crippen LogP contribution in [0, 0.1) is 0 Å². The second-order valence-corrected chi connectivity index (χ2v) is 6.30. The number of nitrogens with zero attached hydrogens (tertiary/aromatic N) is 1. The number of aromatic nitrogens is 1. The first-order valence-electron chi connectivity index (χ1n) is 6.83. The SMILES string of the molecule is COc1ccccc1Cc1nc(C(C)C)c(CC(=O)O)s1. The minimum absolute atomic E-state index is 0.0388. The molecule has 5 heteroatoms. The Morgan fingerprint density at radius 1 is 1.38 bits per heavy atom. The van der Waals surface area contributed by atoms with Crippen LogP contribution in [0.25, 0.3) is 0 Å². The summed E-state index contributed by atoms with van der Waals surface area (Å²) < 4.78 is 5.35. The molecule has 1 heterocycles. The number of aliphatic carboxylic acids is 1. The first kappa shape index (κ1) is 15.5. The van der Waals surface area contributed by atoms with Gasteiger partial charge in [-0.15, -0.1) is 11.3 Å². The molecule has 0 radical (unpaired) electrons. The number of para-hydroxylation sites is 1. The lowest BCUT2D eigenvalue weighted by molar-refractivity contribution is -0.136. The second-order valence-electron chi connectivity index (χ2n) is 5.13. The lowest BCUT2D eigenvalue weighted by Gasteiger charge is -2.06. The summed E-state index contributed by atoms with van der Waals surface area (Å²) in [5.74, 6) is 0.241. The molecule has 0 fully saturated rings. The van der Waals surface area contributed by atoms with E-state index in [-0.39, 0.29) is 12.3 Å². The van der Waals surface area contributed by atoms with E-state index in [9.17, 15) is 4.79 Å². The molecule has 0 atom stereocenters. The zero-order valence-corrected chi connectivity index (χ0v) is 13.2. The van der Waals surface area contributed by atoms with Gasteiger partial charge in [-0.3, -0.25) is 4.79 Å². The number of benzene rings is 1. The van der Waals surface area contributed by atoms with E-state index in [0.717, 1.165) is 26.9 Å². The molecule has 0 saturated heterocycles. The van der Waals surface area contributed by atoms with Crippen LogP contribution in [0.3, 0.4) is 0 Å². The molecule has 2 aromatic rings. The number of carboxylic acid groups (broad SMARTS) is 1. The summed E-state index contributed by atoms with van der Waals surface area (Å²) in [5.41, 5.74) is 1.96. The third kappa shape index (κ3) is 3.82. The van der Waals surface area contributed by atoms with Crippen molar-refractivity contribution in [2.45, 2.75) is 32.6 Å². The highest BCUT2D eigenvalue weighted by Crippen LogP contribution is 2.29. The Hall–Kier alpha value is -1.88. The average Bonchev–Trinajstić information content (AvgIpc) is 2.81. The Bertz CT molecular complexity index is 634. The molecule has 0 saturated carbocycles. The molecular weight excluding hydrogens is 286 g/mol. The molecule has 0 bridgehead atoms. The van der Waals surface area contributed by atoms with Gasteiger partial charge >= 0.3 is 5.97 Å². The van der Waals surface area contributed by atoms with Gasteiger partial charge in [-0.2, -0.15) is 0 Å². The van der Waals surface area contributed by atoms with E-state index in [1.807, 2.05) is 38.1 Å². The number of carboxylic acids is 1. The molecule has 21 heavy (non-hydrogen) atoms. The number of rotatable bonds is 6. The van der Waals surface area contributed by atoms with Crippen LogP contribution in [0.5, 0.6) is 5.75 Å². The van der Waals surface area contributed by atoms with Crippen molar-refractivity contribution in [3.8, 4) is 5.75 Å². The minimum Gasteiger partial charge on any atom is -0.496 e. The van der Waals surface area contributed by atoms with Crippen LogP contribution in [-0.4, -0.2) is 23.2 Å². The highest BCUT2D eigenvalue weighted by Gasteiger charge is 2.17. The van der Waals surface area contributed by atoms with E-state index in [0.29, 0.717) is 6.42 Å². The molecule has 0 aliphatic heterocycles. The molecule has 0 unspecified atom stereocenters. The van der Waals surface area contributed by atoms with Gasteiger partial charge in [0.2, 0.25) is 0 Å². The third-order valence-corrected chi connectivity index (χ3v) is 4.24. The highest BCUT2D eigenvalue weighted by molar-refractivity contribution is 7.11. The summed E-state index contributed by atoms with van der Waals surface area (Å²) in [6.45, 7) is 4.07. The van der Waals surface area contributed by atoms with Crippen molar-refractivity contribution in [2.24, 2.45) is 0 Å². The van der Waals surface area contributed by atoms with Crippen molar-refractivity contribution in [3.63, 3.8) is 0 Å². The van der Waals surface area contributed by atoms with Crippen LogP contribution in [-0.2, 0) is 17.6 Å². The predicted octanol–water partition coefficient (Wildman–Crippen LogP) is 3.49. The van der Waals surface area contributed by atoms with Crippen LogP contribution in [0.4, 0.5) is 0 Å². The molecule has 0 aliphatic rings. The van der Waals surface area contributed by atoms with Crippen LogP contribution in [0.15, 0.2) is 24.3 Å². The normalized spacial score (nSPS) is 10.9. The smallest absolute Gasteiger partial charge is 0.308 e. The van der Waals surface area contributed by atoms with E-state index in [1.165, 1.54) is 11.3 Å². The highest BCUT2D eigenvalue weighted by atomic mass is 32.1. The van der Waals surface area contributed by atoms with Crippen molar-refractivity contribution in [3.05, 3.63) is 45.4 Å². The summed E-state index contributed by atoms with van der Waals surface area (Å²) in [6, 6.07) is 7.82. The summed E-state index contributed by atoms with van der Waals surface area (Å²) in [4.78, 5) is 16.5. The molecule has 112 valence electrons. The summed E-state index contributed by atoms with van der Waals surface area (Å²) in [7, 11) is 1.65. The lowest BCUT2D eigenvalue weighted by atomic mass is 10.1. The van der Waals surface area contributed by atoms with Gasteiger partial charge in [-0.05, 0) is 12.0 Å². The fourth-order valence-electron chi connectivity index (χ4n) is 2.22. The van der Waals surface area contributed by atoms with Crippen molar-refractivity contribution in [1.82, 2.24) is 4.98 Å². The first-order chi connectivity index (χ1) is 10.0.